The number of aryl methyl sites for hydroxylation is 1. The largest absolute Gasteiger partial charge is 0.508 e. The number of amides is 1. The Morgan fingerprint density at radius 2 is 1.77 bits per heavy atom. The van der Waals surface area contributed by atoms with Crippen molar-refractivity contribution in [2.75, 3.05) is 11.5 Å². The lowest BCUT2D eigenvalue weighted by Gasteiger charge is -2.24. The average Bonchev–Trinajstić information content (AvgIpc) is 2.72. The number of phenols is 1. The second kappa shape index (κ2) is 9.68. The maximum Gasteiger partial charge on any atom is 0.265 e. The Kier molecular flexibility index (Phi) is 7.01. The van der Waals surface area contributed by atoms with Gasteiger partial charge >= 0.3 is 0 Å². The van der Waals surface area contributed by atoms with Gasteiger partial charge in [-0.1, -0.05) is 61.8 Å². The van der Waals surface area contributed by atoms with Crippen molar-refractivity contribution < 1.29 is 14.6 Å². The molecule has 0 heterocycles. The van der Waals surface area contributed by atoms with Crippen LogP contribution in [0, 0.1) is 6.92 Å². The number of aromatic hydroxyl groups is 1. The molecule has 4 nitrogen and oxygen atoms in total. The van der Waals surface area contributed by atoms with Crippen LogP contribution in [0.5, 0.6) is 11.5 Å². The van der Waals surface area contributed by atoms with Crippen molar-refractivity contribution in [1.82, 2.24) is 0 Å². The fraction of sp³-hybridized carbons (Fsp3) is 0.240. The first kappa shape index (κ1) is 21.7. The number of phenolic OH excluding ortho intramolecular Hbond substituents is 1. The summed E-state index contributed by atoms with van der Waals surface area (Å²) in [7, 11) is 0. The summed E-state index contributed by atoms with van der Waals surface area (Å²) in [6, 6.07) is 20.0. The van der Waals surface area contributed by atoms with E-state index in [0.717, 1.165) is 5.56 Å². The number of carbonyl (C=O) groups excluding carboxylic acids is 1. The molecule has 0 aliphatic heterocycles. The van der Waals surface area contributed by atoms with Crippen LogP contribution < -0.4 is 9.64 Å². The lowest BCUT2D eigenvalue weighted by atomic mass is 9.98. The van der Waals surface area contributed by atoms with Crippen LogP contribution >= 0.6 is 11.6 Å². The van der Waals surface area contributed by atoms with Crippen LogP contribution in [0.25, 0.3) is 0 Å². The smallest absolute Gasteiger partial charge is 0.265 e. The minimum atomic E-state index is -0.253. The molecule has 0 aliphatic carbocycles. The van der Waals surface area contributed by atoms with Gasteiger partial charge in [0.05, 0.1) is 17.3 Å². The predicted molar refractivity (Wildman–Crippen MR) is 122 cm³/mol. The Balaban J connectivity index is 1.81. The summed E-state index contributed by atoms with van der Waals surface area (Å²) < 4.78 is 5.80. The van der Waals surface area contributed by atoms with Crippen molar-refractivity contribution in [2.45, 2.75) is 33.2 Å². The van der Waals surface area contributed by atoms with Gasteiger partial charge in [0.2, 0.25) is 0 Å². The number of anilines is 1. The zero-order valence-electron chi connectivity index (χ0n) is 17.4. The summed E-state index contributed by atoms with van der Waals surface area (Å²) in [6.07, 6.45) is 0. The highest BCUT2D eigenvalue weighted by molar-refractivity contribution is 6.33. The number of hydrogen-bond acceptors (Lipinski definition) is 3. The number of para-hydroxylation sites is 2. The molecule has 0 bridgehead atoms. The summed E-state index contributed by atoms with van der Waals surface area (Å²) in [5.41, 5.74) is 3.59. The molecule has 0 radical (unpaired) electrons. The zero-order valence-corrected chi connectivity index (χ0v) is 18.2. The van der Waals surface area contributed by atoms with Crippen LogP contribution in [0.15, 0.2) is 66.7 Å². The van der Waals surface area contributed by atoms with E-state index in [1.54, 1.807) is 30.3 Å². The molecule has 0 spiro atoms. The van der Waals surface area contributed by atoms with Crippen molar-refractivity contribution in [3.05, 3.63) is 88.4 Å². The topological polar surface area (TPSA) is 49.8 Å². The number of hydrogen-bond donors (Lipinski definition) is 1. The SMILES string of the molecule is Cc1cc(OCC(=O)N(Cc2ccccc2O)c2ccccc2Cl)ccc1C(C)C. The minimum Gasteiger partial charge on any atom is -0.508 e. The van der Waals surface area contributed by atoms with Crippen LogP contribution in [0.1, 0.15) is 36.5 Å². The van der Waals surface area contributed by atoms with E-state index in [4.69, 9.17) is 16.3 Å². The third-order valence-corrected chi connectivity index (χ3v) is 5.31. The van der Waals surface area contributed by atoms with Gasteiger partial charge in [-0.05, 0) is 54.3 Å². The van der Waals surface area contributed by atoms with Gasteiger partial charge < -0.3 is 14.7 Å². The summed E-state index contributed by atoms with van der Waals surface area (Å²) in [5.74, 6) is 0.946. The van der Waals surface area contributed by atoms with E-state index in [1.165, 1.54) is 10.5 Å². The van der Waals surface area contributed by atoms with E-state index in [9.17, 15) is 9.90 Å². The number of ether oxygens (including phenoxy) is 1. The summed E-state index contributed by atoms with van der Waals surface area (Å²) in [5, 5.41) is 10.6. The molecule has 3 aromatic carbocycles. The second-order valence-corrected chi connectivity index (χ2v) is 7.93. The van der Waals surface area contributed by atoms with E-state index in [1.807, 2.05) is 43.3 Å². The van der Waals surface area contributed by atoms with Gasteiger partial charge in [0.15, 0.2) is 6.61 Å². The van der Waals surface area contributed by atoms with Crippen molar-refractivity contribution in [2.24, 2.45) is 0 Å². The zero-order chi connectivity index (χ0) is 21.7. The third-order valence-electron chi connectivity index (χ3n) is 4.99. The molecule has 3 rings (SSSR count). The molecule has 0 aromatic heterocycles. The van der Waals surface area contributed by atoms with E-state index in [-0.39, 0.29) is 24.8 Å². The summed E-state index contributed by atoms with van der Waals surface area (Å²) in [4.78, 5) is 14.6. The van der Waals surface area contributed by atoms with Gasteiger partial charge in [0.1, 0.15) is 11.5 Å². The molecule has 0 saturated heterocycles. The summed E-state index contributed by atoms with van der Waals surface area (Å²) >= 11 is 6.36. The second-order valence-electron chi connectivity index (χ2n) is 7.52. The number of halogens is 1. The molecule has 5 heteroatoms. The predicted octanol–water partition coefficient (Wildman–Crippen LogP) is 6.09. The first-order valence-corrected chi connectivity index (χ1v) is 10.3. The molecule has 3 aromatic rings. The number of carbonyl (C=O) groups is 1. The molecule has 0 atom stereocenters. The average molecular weight is 424 g/mol. The van der Waals surface area contributed by atoms with Gasteiger partial charge in [-0.15, -0.1) is 0 Å². The lowest BCUT2D eigenvalue weighted by molar-refractivity contribution is -0.120. The van der Waals surface area contributed by atoms with Gasteiger partial charge in [0, 0.05) is 5.56 Å². The van der Waals surface area contributed by atoms with Gasteiger partial charge in [-0.2, -0.15) is 0 Å². The van der Waals surface area contributed by atoms with Crippen LogP contribution in [-0.4, -0.2) is 17.6 Å². The first-order chi connectivity index (χ1) is 14.4. The molecule has 156 valence electrons. The van der Waals surface area contributed by atoms with E-state index < -0.39 is 0 Å². The van der Waals surface area contributed by atoms with E-state index in [2.05, 4.69) is 13.8 Å². The standard InChI is InChI=1S/C25H26ClNO3/c1-17(2)21-13-12-20(14-18(21)3)30-16-25(29)27(23-10-6-5-9-22(23)26)15-19-8-4-7-11-24(19)28/h4-14,17,28H,15-16H2,1-3H3. The molecule has 1 amide bonds. The molecule has 1 N–H and O–H groups in total. The quantitative estimate of drug-likeness (QED) is 0.500. The first-order valence-electron chi connectivity index (χ1n) is 9.92. The highest BCUT2D eigenvalue weighted by Crippen LogP contribution is 2.29. The fourth-order valence-electron chi connectivity index (χ4n) is 3.40. The van der Waals surface area contributed by atoms with Gasteiger partial charge in [0.25, 0.3) is 5.91 Å². The molecule has 0 aliphatic rings. The van der Waals surface area contributed by atoms with Crippen molar-refractivity contribution in [3.8, 4) is 11.5 Å². The van der Waals surface area contributed by atoms with Crippen molar-refractivity contribution in [1.29, 1.82) is 0 Å². The van der Waals surface area contributed by atoms with Crippen LogP contribution in [0.4, 0.5) is 5.69 Å². The minimum absolute atomic E-state index is 0.128. The summed E-state index contributed by atoms with van der Waals surface area (Å²) in [6.45, 7) is 6.38. The highest BCUT2D eigenvalue weighted by Gasteiger charge is 2.20. The van der Waals surface area contributed by atoms with E-state index in [0.29, 0.717) is 27.9 Å². The maximum absolute atomic E-state index is 13.1. The lowest BCUT2D eigenvalue weighted by Crippen LogP contribution is -2.34. The Hall–Kier alpha value is -2.98. The Bertz CT molecular complexity index is 1030. The fourth-order valence-corrected chi connectivity index (χ4v) is 3.64. The van der Waals surface area contributed by atoms with Crippen LogP contribution in [0.3, 0.4) is 0 Å². The van der Waals surface area contributed by atoms with Gasteiger partial charge in [-0.3, -0.25) is 4.79 Å². The Labute approximate surface area is 182 Å². The van der Waals surface area contributed by atoms with Crippen molar-refractivity contribution >= 4 is 23.2 Å². The molecule has 0 unspecified atom stereocenters. The number of nitrogens with zero attached hydrogens (tertiary/aromatic N) is 1. The van der Waals surface area contributed by atoms with Crippen LogP contribution in [-0.2, 0) is 11.3 Å². The normalized spacial score (nSPS) is 10.8. The molecular weight excluding hydrogens is 398 g/mol. The van der Waals surface area contributed by atoms with Crippen LogP contribution in [0.2, 0.25) is 5.02 Å². The van der Waals surface area contributed by atoms with E-state index >= 15 is 0 Å². The van der Waals surface area contributed by atoms with Gasteiger partial charge in [-0.25, -0.2) is 0 Å². The third kappa shape index (κ3) is 5.14. The Morgan fingerprint density at radius 3 is 2.43 bits per heavy atom. The molecule has 30 heavy (non-hydrogen) atoms. The monoisotopic (exact) mass is 423 g/mol. The molecular formula is C25H26ClNO3. The van der Waals surface area contributed by atoms with Crippen molar-refractivity contribution in [3.63, 3.8) is 0 Å². The number of benzene rings is 3. The Morgan fingerprint density at radius 1 is 1.07 bits per heavy atom. The highest BCUT2D eigenvalue weighted by atomic mass is 35.5. The molecule has 0 fully saturated rings. The maximum atomic E-state index is 13.1. The molecule has 0 saturated carbocycles. The number of rotatable bonds is 7.